The third-order valence-corrected chi connectivity index (χ3v) is 4.33. The summed E-state index contributed by atoms with van der Waals surface area (Å²) in [4.78, 5) is 16.5. The minimum Gasteiger partial charge on any atom is -0.349 e. The molecule has 2 N–H and O–H groups in total. The van der Waals surface area contributed by atoms with Gasteiger partial charge in [-0.1, -0.05) is 0 Å². The predicted octanol–water partition coefficient (Wildman–Crippen LogP) is 0.814. The van der Waals surface area contributed by atoms with Crippen LogP contribution < -0.4 is 10.6 Å². The first kappa shape index (κ1) is 11.0. The van der Waals surface area contributed by atoms with Gasteiger partial charge in [-0.3, -0.25) is 4.79 Å². The molecule has 4 rings (SSSR count). The van der Waals surface area contributed by atoms with Crippen molar-refractivity contribution in [1.29, 1.82) is 0 Å². The van der Waals surface area contributed by atoms with E-state index >= 15 is 0 Å². The Hall–Kier alpha value is -1.88. The highest BCUT2D eigenvalue weighted by molar-refractivity contribution is 5.94. The Labute approximate surface area is 111 Å². The molecule has 5 heteroatoms. The van der Waals surface area contributed by atoms with Crippen molar-refractivity contribution in [2.75, 3.05) is 6.54 Å². The maximum absolute atomic E-state index is 12.3. The van der Waals surface area contributed by atoms with E-state index in [1.807, 2.05) is 28.9 Å². The standard InChI is InChI=1S/C14H16N4O/c19-14(17-12-6-11-5-10(12)7-16-11)9-1-2-13-15-3-4-18(13)8-9/h1-4,8,10-12,16H,5-7H2,(H,17,19)/t10-,11-,12-/m1/s1. The van der Waals surface area contributed by atoms with Crippen LogP contribution in [0, 0.1) is 5.92 Å². The van der Waals surface area contributed by atoms with Gasteiger partial charge in [-0.2, -0.15) is 0 Å². The molecule has 2 aromatic heterocycles. The van der Waals surface area contributed by atoms with Gasteiger partial charge in [-0.25, -0.2) is 4.98 Å². The molecule has 3 heterocycles. The van der Waals surface area contributed by atoms with Gasteiger partial charge in [0.05, 0.1) is 5.56 Å². The fraction of sp³-hybridized carbons (Fsp3) is 0.429. The number of fused-ring (bicyclic) bond motifs is 3. The second-order valence-corrected chi connectivity index (χ2v) is 5.53. The summed E-state index contributed by atoms with van der Waals surface area (Å²) in [5, 5.41) is 6.63. The Morgan fingerprint density at radius 3 is 3.16 bits per heavy atom. The lowest BCUT2D eigenvalue weighted by atomic mass is 10.0. The fourth-order valence-corrected chi connectivity index (χ4v) is 3.32. The molecule has 2 aliphatic rings. The SMILES string of the molecule is O=C(N[C@@H]1C[C@H]2C[C@@H]1CN2)c1ccc2nccn2c1. The van der Waals surface area contributed by atoms with Gasteiger partial charge in [0.2, 0.25) is 0 Å². The Bertz CT molecular complexity index is 635. The summed E-state index contributed by atoms with van der Waals surface area (Å²) in [5.41, 5.74) is 1.56. The van der Waals surface area contributed by atoms with Crippen LogP contribution in [0.2, 0.25) is 0 Å². The highest BCUT2D eigenvalue weighted by atomic mass is 16.1. The van der Waals surface area contributed by atoms with E-state index in [9.17, 15) is 4.79 Å². The van der Waals surface area contributed by atoms with Crippen LogP contribution >= 0.6 is 0 Å². The number of carbonyl (C=O) groups excluding carboxylic acids is 1. The summed E-state index contributed by atoms with van der Waals surface area (Å²) < 4.78 is 1.87. The Morgan fingerprint density at radius 2 is 2.37 bits per heavy atom. The molecule has 1 amide bonds. The van der Waals surface area contributed by atoms with Crippen molar-refractivity contribution >= 4 is 11.6 Å². The van der Waals surface area contributed by atoms with Crippen LogP contribution in [0.5, 0.6) is 0 Å². The highest BCUT2D eigenvalue weighted by Crippen LogP contribution is 2.31. The summed E-state index contributed by atoms with van der Waals surface area (Å²) in [6.45, 7) is 1.04. The number of nitrogens with zero attached hydrogens (tertiary/aromatic N) is 2. The van der Waals surface area contributed by atoms with E-state index in [1.54, 1.807) is 6.20 Å². The monoisotopic (exact) mass is 256 g/mol. The molecule has 0 unspecified atom stereocenters. The number of carbonyl (C=O) groups is 1. The first-order chi connectivity index (χ1) is 9.29. The van der Waals surface area contributed by atoms with Crippen molar-refractivity contribution in [3.05, 3.63) is 36.3 Å². The molecular formula is C14H16N4O. The van der Waals surface area contributed by atoms with Crippen molar-refractivity contribution < 1.29 is 4.79 Å². The first-order valence-electron chi connectivity index (χ1n) is 6.76. The lowest BCUT2D eigenvalue weighted by Gasteiger charge is -2.23. The van der Waals surface area contributed by atoms with Gasteiger partial charge in [-0.05, 0) is 30.9 Å². The lowest BCUT2D eigenvalue weighted by Crippen LogP contribution is -2.44. The topological polar surface area (TPSA) is 58.4 Å². The van der Waals surface area contributed by atoms with E-state index in [2.05, 4.69) is 15.6 Å². The molecule has 1 aliphatic carbocycles. The van der Waals surface area contributed by atoms with Crippen LogP contribution in [0.25, 0.3) is 5.65 Å². The number of hydrogen-bond donors (Lipinski definition) is 2. The minimum absolute atomic E-state index is 0.0214. The third-order valence-electron chi connectivity index (χ3n) is 4.33. The van der Waals surface area contributed by atoms with E-state index in [4.69, 9.17) is 0 Å². The Kier molecular flexibility index (Phi) is 2.35. The van der Waals surface area contributed by atoms with E-state index in [1.165, 1.54) is 6.42 Å². The van der Waals surface area contributed by atoms with Crippen LogP contribution in [0.15, 0.2) is 30.7 Å². The first-order valence-corrected chi connectivity index (χ1v) is 6.76. The summed E-state index contributed by atoms with van der Waals surface area (Å²) in [5.74, 6) is 0.624. The summed E-state index contributed by atoms with van der Waals surface area (Å²) in [7, 11) is 0. The molecule has 0 spiro atoms. The molecule has 19 heavy (non-hydrogen) atoms. The van der Waals surface area contributed by atoms with Crippen molar-refractivity contribution in [3.63, 3.8) is 0 Å². The number of piperidine rings is 1. The summed E-state index contributed by atoms with van der Waals surface area (Å²) in [6.07, 6.45) is 7.69. The number of hydrogen-bond acceptors (Lipinski definition) is 3. The van der Waals surface area contributed by atoms with Crippen LogP contribution in [0.4, 0.5) is 0 Å². The minimum atomic E-state index is 0.0214. The Morgan fingerprint density at radius 1 is 1.42 bits per heavy atom. The zero-order valence-corrected chi connectivity index (χ0v) is 10.5. The highest BCUT2D eigenvalue weighted by Gasteiger charge is 2.40. The molecular weight excluding hydrogens is 240 g/mol. The molecule has 1 saturated carbocycles. The second-order valence-electron chi connectivity index (χ2n) is 5.53. The van der Waals surface area contributed by atoms with E-state index in [0.717, 1.165) is 18.6 Å². The van der Waals surface area contributed by atoms with Gasteiger partial charge < -0.3 is 15.0 Å². The number of pyridine rings is 1. The van der Waals surface area contributed by atoms with Crippen LogP contribution in [0.1, 0.15) is 23.2 Å². The van der Waals surface area contributed by atoms with Crippen LogP contribution in [-0.4, -0.2) is 33.9 Å². The predicted molar refractivity (Wildman–Crippen MR) is 71.0 cm³/mol. The van der Waals surface area contributed by atoms with Crippen LogP contribution in [0.3, 0.4) is 0 Å². The smallest absolute Gasteiger partial charge is 0.253 e. The largest absolute Gasteiger partial charge is 0.349 e. The Balaban J connectivity index is 1.53. The molecule has 2 aromatic rings. The number of nitrogens with one attached hydrogen (secondary N) is 2. The molecule has 98 valence electrons. The average Bonchev–Trinajstić information content (AvgIpc) is 3.13. The summed E-state index contributed by atoms with van der Waals surface area (Å²) >= 11 is 0. The van der Waals surface area contributed by atoms with Gasteiger partial charge in [0.25, 0.3) is 5.91 Å². The quantitative estimate of drug-likeness (QED) is 0.836. The number of rotatable bonds is 2. The van der Waals surface area contributed by atoms with Crippen molar-refractivity contribution in [1.82, 2.24) is 20.0 Å². The van der Waals surface area contributed by atoms with Crippen molar-refractivity contribution in [2.45, 2.75) is 24.9 Å². The van der Waals surface area contributed by atoms with Crippen LogP contribution in [-0.2, 0) is 0 Å². The van der Waals surface area contributed by atoms with Crippen molar-refractivity contribution in [2.24, 2.45) is 5.92 Å². The molecule has 2 bridgehead atoms. The maximum atomic E-state index is 12.3. The van der Waals surface area contributed by atoms with Gasteiger partial charge >= 0.3 is 0 Å². The zero-order valence-electron chi connectivity index (χ0n) is 10.5. The molecule has 0 radical (unpaired) electrons. The molecule has 2 fully saturated rings. The van der Waals surface area contributed by atoms with Gasteiger partial charge in [0.1, 0.15) is 5.65 Å². The van der Waals surface area contributed by atoms with E-state index < -0.39 is 0 Å². The molecule has 1 aliphatic heterocycles. The second kappa shape index (κ2) is 4.06. The normalized spacial score (nSPS) is 28.9. The third kappa shape index (κ3) is 1.81. The van der Waals surface area contributed by atoms with E-state index in [-0.39, 0.29) is 5.91 Å². The number of imidazole rings is 1. The molecule has 3 atom stereocenters. The molecule has 0 aromatic carbocycles. The summed E-state index contributed by atoms with van der Waals surface area (Å²) in [6, 6.07) is 4.64. The molecule has 5 nitrogen and oxygen atoms in total. The fourth-order valence-electron chi connectivity index (χ4n) is 3.32. The molecule has 1 saturated heterocycles. The zero-order chi connectivity index (χ0) is 12.8. The van der Waals surface area contributed by atoms with Crippen molar-refractivity contribution in [3.8, 4) is 0 Å². The van der Waals surface area contributed by atoms with E-state index in [0.29, 0.717) is 23.6 Å². The average molecular weight is 256 g/mol. The number of amides is 1. The van der Waals surface area contributed by atoms with Gasteiger partial charge in [0, 0.05) is 37.2 Å². The lowest BCUT2D eigenvalue weighted by molar-refractivity contribution is 0.0924. The van der Waals surface area contributed by atoms with Gasteiger partial charge in [-0.15, -0.1) is 0 Å². The number of aromatic nitrogens is 2. The maximum Gasteiger partial charge on any atom is 0.253 e. The van der Waals surface area contributed by atoms with Gasteiger partial charge in [0.15, 0.2) is 0 Å².